The van der Waals surface area contributed by atoms with Crippen molar-refractivity contribution in [1.82, 2.24) is 9.97 Å². The van der Waals surface area contributed by atoms with E-state index in [0.29, 0.717) is 5.69 Å². The number of hydrogen-bond donors (Lipinski definition) is 2. The van der Waals surface area contributed by atoms with Crippen LogP contribution in [-0.2, 0) is 5.60 Å². The predicted octanol–water partition coefficient (Wildman–Crippen LogP) is 1.47. The minimum absolute atomic E-state index is 0.212. The summed E-state index contributed by atoms with van der Waals surface area (Å²) < 4.78 is 0. The summed E-state index contributed by atoms with van der Waals surface area (Å²) in [6, 6.07) is 6.97. The summed E-state index contributed by atoms with van der Waals surface area (Å²) in [6.45, 7) is 3.35. The fraction of sp³-hybridized carbons (Fsp3) is 0.214. The SMILES string of the molecule is CC(C)(O)c1ccc(-c2ccnc(C(N)=O)c2)cn1. The molecule has 2 aromatic rings. The Bertz CT molecular complexity index is 601. The van der Waals surface area contributed by atoms with Crippen LogP contribution in [0.1, 0.15) is 30.0 Å². The maximum Gasteiger partial charge on any atom is 0.267 e. The van der Waals surface area contributed by atoms with Gasteiger partial charge in [-0.1, -0.05) is 6.07 Å². The van der Waals surface area contributed by atoms with Gasteiger partial charge < -0.3 is 10.8 Å². The quantitative estimate of drug-likeness (QED) is 0.871. The number of aromatic nitrogens is 2. The molecule has 2 heterocycles. The van der Waals surface area contributed by atoms with E-state index in [1.807, 2.05) is 6.07 Å². The molecule has 0 bridgehead atoms. The highest BCUT2D eigenvalue weighted by molar-refractivity contribution is 5.92. The van der Waals surface area contributed by atoms with E-state index in [2.05, 4.69) is 9.97 Å². The largest absolute Gasteiger partial charge is 0.384 e. The molecule has 0 saturated carbocycles. The number of primary amides is 1. The zero-order valence-electron chi connectivity index (χ0n) is 10.8. The molecule has 0 aliphatic heterocycles. The standard InChI is InChI=1S/C14H15N3O2/c1-14(2,19)12-4-3-10(8-17-12)9-5-6-16-11(7-9)13(15)18/h3-8,19H,1-2H3,(H2,15,18). The first kappa shape index (κ1) is 13.2. The Labute approximate surface area is 111 Å². The molecule has 0 aliphatic carbocycles. The highest BCUT2D eigenvalue weighted by Gasteiger charge is 2.17. The Balaban J connectivity index is 2.37. The van der Waals surface area contributed by atoms with E-state index in [4.69, 9.17) is 5.73 Å². The van der Waals surface area contributed by atoms with E-state index in [9.17, 15) is 9.90 Å². The molecule has 0 unspecified atom stereocenters. The van der Waals surface area contributed by atoms with Crippen LogP contribution in [0.15, 0.2) is 36.7 Å². The summed E-state index contributed by atoms with van der Waals surface area (Å²) in [5.74, 6) is -0.567. The summed E-state index contributed by atoms with van der Waals surface area (Å²) in [5, 5.41) is 9.83. The van der Waals surface area contributed by atoms with Crippen molar-refractivity contribution in [1.29, 1.82) is 0 Å². The maximum atomic E-state index is 11.1. The molecule has 0 aromatic carbocycles. The molecule has 5 heteroatoms. The van der Waals surface area contributed by atoms with Crippen molar-refractivity contribution in [2.75, 3.05) is 0 Å². The van der Waals surface area contributed by atoms with Gasteiger partial charge in [0.1, 0.15) is 11.3 Å². The first-order chi connectivity index (χ1) is 8.88. The Morgan fingerprint density at radius 2 is 1.95 bits per heavy atom. The second-order valence-corrected chi connectivity index (χ2v) is 4.79. The van der Waals surface area contributed by atoms with E-state index in [1.54, 1.807) is 38.2 Å². The number of carbonyl (C=O) groups excluding carboxylic acids is 1. The summed E-state index contributed by atoms with van der Waals surface area (Å²) >= 11 is 0. The van der Waals surface area contributed by atoms with Crippen LogP contribution in [0.4, 0.5) is 0 Å². The second-order valence-electron chi connectivity index (χ2n) is 4.79. The van der Waals surface area contributed by atoms with Crippen molar-refractivity contribution in [3.05, 3.63) is 48.0 Å². The molecule has 3 N–H and O–H groups in total. The molecule has 0 radical (unpaired) electrons. The summed E-state index contributed by atoms with van der Waals surface area (Å²) in [6.07, 6.45) is 3.17. The molecule has 1 amide bonds. The third-order valence-electron chi connectivity index (χ3n) is 2.74. The fourth-order valence-electron chi connectivity index (χ4n) is 1.67. The van der Waals surface area contributed by atoms with E-state index in [0.717, 1.165) is 11.1 Å². The van der Waals surface area contributed by atoms with Gasteiger partial charge in [-0.2, -0.15) is 0 Å². The van der Waals surface area contributed by atoms with Gasteiger partial charge >= 0.3 is 0 Å². The van der Waals surface area contributed by atoms with Crippen LogP contribution in [0.5, 0.6) is 0 Å². The van der Waals surface area contributed by atoms with E-state index in [-0.39, 0.29) is 5.69 Å². The lowest BCUT2D eigenvalue weighted by Crippen LogP contribution is -2.17. The molecule has 2 rings (SSSR count). The highest BCUT2D eigenvalue weighted by atomic mass is 16.3. The lowest BCUT2D eigenvalue weighted by molar-refractivity contribution is 0.0739. The highest BCUT2D eigenvalue weighted by Crippen LogP contribution is 2.22. The molecule has 98 valence electrons. The third kappa shape index (κ3) is 2.95. The van der Waals surface area contributed by atoms with Crippen LogP contribution in [0.2, 0.25) is 0 Å². The number of hydrogen-bond acceptors (Lipinski definition) is 4. The lowest BCUT2D eigenvalue weighted by atomic mass is 10.0. The van der Waals surface area contributed by atoms with Crippen LogP contribution < -0.4 is 5.73 Å². The minimum atomic E-state index is -0.977. The number of nitrogens with zero attached hydrogens (tertiary/aromatic N) is 2. The first-order valence-electron chi connectivity index (χ1n) is 5.83. The van der Waals surface area contributed by atoms with Gasteiger partial charge in [-0.25, -0.2) is 0 Å². The van der Waals surface area contributed by atoms with Crippen LogP contribution in [0, 0.1) is 0 Å². The Kier molecular flexibility index (Phi) is 3.31. The van der Waals surface area contributed by atoms with E-state index >= 15 is 0 Å². The van der Waals surface area contributed by atoms with Crippen molar-refractivity contribution >= 4 is 5.91 Å². The van der Waals surface area contributed by atoms with Crippen molar-refractivity contribution in [3.63, 3.8) is 0 Å². The molecule has 2 aromatic heterocycles. The lowest BCUT2D eigenvalue weighted by Gasteiger charge is -2.16. The summed E-state index contributed by atoms with van der Waals surface area (Å²) in [4.78, 5) is 19.2. The van der Waals surface area contributed by atoms with E-state index < -0.39 is 11.5 Å². The van der Waals surface area contributed by atoms with Gasteiger partial charge in [0, 0.05) is 18.0 Å². The monoisotopic (exact) mass is 257 g/mol. The first-order valence-corrected chi connectivity index (χ1v) is 5.83. The van der Waals surface area contributed by atoms with Gasteiger partial charge in [0.2, 0.25) is 0 Å². The van der Waals surface area contributed by atoms with Crippen LogP contribution in [-0.4, -0.2) is 21.0 Å². The number of carbonyl (C=O) groups is 1. The van der Waals surface area contributed by atoms with Gasteiger partial charge in [0.25, 0.3) is 5.91 Å². The van der Waals surface area contributed by atoms with Crippen molar-refractivity contribution < 1.29 is 9.90 Å². The summed E-state index contributed by atoms with van der Waals surface area (Å²) in [7, 11) is 0. The zero-order chi connectivity index (χ0) is 14.0. The summed E-state index contributed by atoms with van der Waals surface area (Å²) in [5.41, 5.74) is 6.65. The third-order valence-corrected chi connectivity index (χ3v) is 2.74. The smallest absolute Gasteiger partial charge is 0.267 e. The number of nitrogens with two attached hydrogens (primary N) is 1. The molecule has 0 fully saturated rings. The average Bonchev–Trinajstić information content (AvgIpc) is 2.38. The van der Waals surface area contributed by atoms with Crippen LogP contribution >= 0.6 is 0 Å². The Morgan fingerprint density at radius 1 is 1.21 bits per heavy atom. The Morgan fingerprint density at radius 3 is 2.47 bits per heavy atom. The van der Waals surface area contributed by atoms with Gasteiger partial charge in [0.05, 0.1) is 5.69 Å². The van der Waals surface area contributed by atoms with E-state index in [1.165, 1.54) is 6.20 Å². The molecule has 19 heavy (non-hydrogen) atoms. The van der Waals surface area contributed by atoms with Gasteiger partial charge in [-0.3, -0.25) is 14.8 Å². The molecular weight excluding hydrogens is 242 g/mol. The molecule has 0 saturated heterocycles. The molecule has 5 nitrogen and oxygen atoms in total. The van der Waals surface area contributed by atoms with Crippen molar-refractivity contribution in [2.24, 2.45) is 5.73 Å². The minimum Gasteiger partial charge on any atom is -0.384 e. The van der Waals surface area contributed by atoms with Crippen molar-refractivity contribution in [3.8, 4) is 11.1 Å². The molecule has 0 atom stereocenters. The number of pyridine rings is 2. The molecular formula is C14H15N3O2. The van der Waals surface area contributed by atoms with Gasteiger partial charge in [-0.05, 0) is 37.6 Å². The fourth-order valence-corrected chi connectivity index (χ4v) is 1.67. The van der Waals surface area contributed by atoms with Crippen LogP contribution in [0.25, 0.3) is 11.1 Å². The molecule has 0 spiro atoms. The Hall–Kier alpha value is -2.27. The van der Waals surface area contributed by atoms with Gasteiger partial charge in [0.15, 0.2) is 0 Å². The number of aliphatic hydroxyl groups is 1. The number of amides is 1. The average molecular weight is 257 g/mol. The maximum absolute atomic E-state index is 11.1. The predicted molar refractivity (Wildman–Crippen MR) is 71.2 cm³/mol. The topological polar surface area (TPSA) is 89.1 Å². The van der Waals surface area contributed by atoms with Crippen molar-refractivity contribution in [2.45, 2.75) is 19.4 Å². The number of rotatable bonds is 3. The van der Waals surface area contributed by atoms with Gasteiger partial charge in [-0.15, -0.1) is 0 Å². The molecule has 0 aliphatic rings. The normalized spacial score (nSPS) is 11.3. The zero-order valence-corrected chi connectivity index (χ0v) is 10.8. The second kappa shape index (κ2) is 4.78. The van der Waals surface area contributed by atoms with Crippen LogP contribution in [0.3, 0.4) is 0 Å².